The van der Waals surface area contributed by atoms with Crippen molar-refractivity contribution in [2.75, 3.05) is 5.75 Å². The van der Waals surface area contributed by atoms with Crippen molar-refractivity contribution in [2.45, 2.75) is 26.4 Å². The van der Waals surface area contributed by atoms with Gasteiger partial charge in [-0.2, -0.15) is 12.6 Å². The summed E-state index contributed by atoms with van der Waals surface area (Å²) in [5.41, 5.74) is 0. The fourth-order valence-corrected chi connectivity index (χ4v) is 1.39. The van der Waals surface area contributed by atoms with Gasteiger partial charge >= 0.3 is 0 Å². The van der Waals surface area contributed by atoms with Gasteiger partial charge in [0.25, 0.3) is 0 Å². The van der Waals surface area contributed by atoms with E-state index in [4.69, 9.17) is 0 Å². The number of aliphatic hydroxyl groups is 1. The number of carbonyl (C=O) groups is 2. The summed E-state index contributed by atoms with van der Waals surface area (Å²) in [6.45, 7) is 2.63. The molecule has 1 unspecified atom stereocenters. The molecular formula is C8H14O3S. The van der Waals surface area contributed by atoms with Crippen LogP contribution in [0.5, 0.6) is 0 Å². The predicted molar refractivity (Wildman–Crippen MR) is 49.3 cm³/mol. The molecule has 0 bridgehead atoms. The van der Waals surface area contributed by atoms with Crippen molar-refractivity contribution in [3.63, 3.8) is 0 Å². The van der Waals surface area contributed by atoms with Crippen LogP contribution in [0.25, 0.3) is 0 Å². The molecule has 0 rings (SSSR count). The second-order valence-electron chi connectivity index (χ2n) is 2.78. The largest absolute Gasteiger partial charge is 0.392 e. The summed E-state index contributed by atoms with van der Waals surface area (Å²) in [6, 6.07) is 0. The molecule has 0 saturated heterocycles. The van der Waals surface area contributed by atoms with Gasteiger partial charge in [0.1, 0.15) is 17.5 Å². The molecule has 1 atom stereocenters. The average Bonchev–Trinajstić information content (AvgIpc) is 1.85. The molecule has 4 heteroatoms. The fraction of sp³-hybridized carbons (Fsp3) is 0.750. The normalized spacial score (nSPS) is 13.1. The minimum Gasteiger partial charge on any atom is -0.392 e. The third-order valence-corrected chi connectivity index (χ3v) is 1.94. The van der Waals surface area contributed by atoms with Crippen LogP contribution in [0.15, 0.2) is 0 Å². The van der Waals surface area contributed by atoms with Crippen molar-refractivity contribution < 1.29 is 14.7 Å². The number of Topliss-reactive ketones (excluding diaryl/α,β-unsaturated/α-hetero) is 2. The lowest BCUT2D eigenvalue weighted by atomic mass is 9.93. The van der Waals surface area contributed by atoms with E-state index in [0.717, 1.165) is 0 Å². The van der Waals surface area contributed by atoms with Gasteiger partial charge in [-0.25, -0.2) is 0 Å². The van der Waals surface area contributed by atoms with Crippen molar-refractivity contribution in [3.8, 4) is 0 Å². The maximum atomic E-state index is 10.9. The topological polar surface area (TPSA) is 54.4 Å². The van der Waals surface area contributed by atoms with Gasteiger partial charge < -0.3 is 5.11 Å². The molecule has 70 valence electrons. The molecule has 0 fully saturated rings. The highest BCUT2D eigenvalue weighted by atomic mass is 32.1. The van der Waals surface area contributed by atoms with Crippen LogP contribution in [0, 0.1) is 5.92 Å². The van der Waals surface area contributed by atoms with E-state index in [1.54, 1.807) is 0 Å². The molecule has 0 heterocycles. The van der Waals surface area contributed by atoms with E-state index in [-0.39, 0.29) is 11.6 Å². The second-order valence-corrected chi connectivity index (χ2v) is 3.23. The first-order valence-electron chi connectivity index (χ1n) is 3.80. The molecule has 0 aliphatic rings. The lowest BCUT2D eigenvalue weighted by molar-refractivity contribution is -0.134. The molecule has 0 aromatic rings. The number of ketones is 2. The Bertz CT molecular complexity index is 165. The van der Waals surface area contributed by atoms with Crippen molar-refractivity contribution in [1.29, 1.82) is 0 Å². The molecule has 0 aliphatic carbocycles. The zero-order chi connectivity index (χ0) is 9.72. The van der Waals surface area contributed by atoms with E-state index in [0.29, 0.717) is 12.2 Å². The molecule has 0 aromatic carbocycles. The standard InChI is InChI=1S/C8H14O3S/c1-5(9)8(6(2)10)7(11)3-4-12/h7-8,11-12H,3-4H2,1-2H3. The monoisotopic (exact) mass is 190 g/mol. The Morgan fingerprint density at radius 3 is 2.00 bits per heavy atom. The van der Waals surface area contributed by atoms with E-state index in [1.807, 2.05) is 0 Å². The Labute approximate surface area is 77.6 Å². The molecule has 0 amide bonds. The minimum absolute atomic E-state index is 0.281. The number of hydrogen-bond acceptors (Lipinski definition) is 4. The van der Waals surface area contributed by atoms with E-state index in [9.17, 15) is 14.7 Å². The number of carbonyl (C=O) groups excluding carboxylic acids is 2. The first-order valence-corrected chi connectivity index (χ1v) is 4.43. The summed E-state index contributed by atoms with van der Waals surface area (Å²) in [6.07, 6.45) is -0.509. The van der Waals surface area contributed by atoms with Crippen LogP contribution in [0.1, 0.15) is 20.3 Å². The Hall–Kier alpha value is -0.350. The summed E-state index contributed by atoms with van der Waals surface area (Å²) in [5.74, 6) is -0.955. The number of rotatable bonds is 5. The number of aliphatic hydroxyl groups excluding tert-OH is 1. The van der Waals surface area contributed by atoms with Gasteiger partial charge in [-0.3, -0.25) is 9.59 Å². The average molecular weight is 190 g/mol. The van der Waals surface area contributed by atoms with Crippen molar-refractivity contribution in [3.05, 3.63) is 0 Å². The van der Waals surface area contributed by atoms with Gasteiger partial charge in [0.05, 0.1) is 6.10 Å². The number of hydrogen-bond donors (Lipinski definition) is 2. The SMILES string of the molecule is CC(=O)C(C(C)=O)C(O)CCS. The quantitative estimate of drug-likeness (QED) is 0.489. The summed E-state index contributed by atoms with van der Waals surface area (Å²) in [4.78, 5) is 21.8. The Kier molecular flexibility index (Phi) is 5.17. The van der Waals surface area contributed by atoms with Crippen molar-refractivity contribution >= 4 is 24.2 Å². The number of thiol groups is 1. The first kappa shape index (κ1) is 11.6. The summed E-state index contributed by atoms with van der Waals surface area (Å²) >= 11 is 3.91. The van der Waals surface area contributed by atoms with Crippen LogP contribution in [0.3, 0.4) is 0 Å². The van der Waals surface area contributed by atoms with Gasteiger partial charge in [-0.1, -0.05) is 0 Å². The van der Waals surface area contributed by atoms with Crippen molar-refractivity contribution in [1.82, 2.24) is 0 Å². The maximum absolute atomic E-state index is 10.9. The van der Waals surface area contributed by atoms with Gasteiger partial charge in [0.2, 0.25) is 0 Å². The molecular weight excluding hydrogens is 176 g/mol. The second kappa shape index (κ2) is 5.32. The van der Waals surface area contributed by atoms with Crippen LogP contribution in [-0.4, -0.2) is 28.5 Å². The smallest absolute Gasteiger partial charge is 0.142 e. The van der Waals surface area contributed by atoms with E-state index in [1.165, 1.54) is 13.8 Å². The van der Waals surface area contributed by atoms with E-state index < -0.39 is 12.0 Å². The Morgan fingerprint density at radius 2 is 1.75 bits per heavy atom. The zero-order valence-electron chi connectivity index (χ0n) is 7.28. The highest BCUT2D eigenvalue weighted by Crippen LogP contribution is 2.10. The molecule has 3 nitrogen and oxygen atoms in total. The first-order chi connectivity index (χ1) is 5.50. The van der Waals surface area contributed by atoms with E-state index >= 15 is 0 Å². The zero-order valence-corrected chi connectivity index (χ0v) is 8.17. The molecule has 0 saturated carbocycles. The van der Waals surface area contributed by atoms with Gasteiger partial charge in [0, 0.05) is 0 Å². The van der Waals surface area contributed by atoms with Crippen LogP contribution in [0.2, 0.25) is 0 Å². The van der Waals surface area contributed by atoms with Crippen LogP contribution < -0.4 is 0 Å². The minimum atomic E-state index is -0.877. The summed E-state index contributed by atoms with van der Waals surface area (Å²) in [5, 5.41) is 9.36. The Morgan fingerprint density at radius 1 is 1.33 bits per heavy atom. The van der Waals surface area contributed by atoms with Crippen LogP contribution in [-0.2, 0) is 9.59 Å². The van der Waals surface area contributed by atoms with Crippen LogP contribution >= 0.6 is 12.6 Å². The van der Waals surface area contributed by atoms with Gasteiger partial charge in [-0.05, 0) is 26.0 Å². The molecule has 0 aromatic heterocycles. The molecule has 0 aliphatic heterocycles. The predicted octanol–water partition coefficient (Wildman–Crippen LogP) is 0.461. The highest BCUT2D eigenvalue weighted by Gasteiger charge is 2.27. The lowest BCUT2D eigenvalue weighted by Gasteiger charge is -2.16. The van der Waals surface area contributed by atoms with Gasteiger partial charge in [0.15, 0.2) is 0 Å². The summed E-state index contributed by atoms with van der Waals surface area (Å²) < 4.78 is 0. The van der Waals surface area contributed by atoms with Gasteiger partial charge in [-0.15, -0.1) is 0 Å². The molecule has 1 N–H and O–H groups in total. The van der Waals surface area contributed by atoms with Crippen LogP contribution in [0.4, 0.5) is 0 Å². The lowest BCUT2D eigenvalue weighted by Crippen LogP contribution is -2.32. The molecule has 0 radical (unpaired) electrons. The third-order valence-electron chi connectivity index (χ3n) is 1.69. The fourth-order valence-electron chi connectivity index (χ4n) is 1.13. The third kappa shape index (κ3) is 3.36. The Balaban J connectivity index is 4.29. The molecule has 12 heavy (non-hydrogen) atoms. The van der Waals surface area contributed by atoms with E-state index in [2.05, 4.69) is 12.6 Å². The van der Waals surface area contributed by atoms with Crippen molar-refractivity contribution in [2.24, 2.45) is 5.92 Å². The molecule has 0 spiro atoms. The maximum Gasteiger partial charge on any atom is 0.142 e. The summed E-state index contributed by atoms with van der Waals surface area (Å²) in [7, 11) is 0. The highest BCUT2D eigenvalue weighted by molar-refractivity contribution is 7.80.